The molecule has 12 heteroatoms. The second-order valence-electron chi connectivity index (χ2n) is 9.39. The van der Waals surface area contributed by atoms with E-state index in [2.05, 4.69) is 25.3 Å². The topological polar surface area (TPSA) is 81.1 Å². The molecule has 2 aliphatic rings. The molecule has 2 aliphatic heterocycles. The number of hydrogen-bond acceptors (Lipinski definition) is 7. The molecule has 0 spiro atoms. The van der Waals surface area contributed by atoms with Gasteiger partial charge in [0.25, 0.3) is 0 Å². The van der Waals surface area contributed by atoms with Gasteiger partial charge in [0.2, 0.25) is 5.91 Å². The molecule has 200 valence electrons. The van der Waals surface area contributed by atoms with Crippen LogP contribution in [0.15, 0.2) is 41.7 Å². The smallest absolute Gasteiger partial charge is 0.382 e. The van der Waals surface area contributed by atoms with Crippen molar-refractivity contribution in [1.82, 2.24) is 14.8 Å². The normalized spacial score (nSPS) is 17.6. The minimum absolute atomic E-state index is 0.0494. The van der Waals surface area contributed by atoms with Gasteiger partial charge in [-0.1, -0.05) is 11.6 Å². The fourth-order valence-electron chi connectivity index (χ4n) is 4.81. The highest BCUT2D eigenvalue weighted by molar-refractivity contribution is 6.30. The second-order valence-corrected chi connectivity index (χ2v) is 9.82. The van der Waals surface area contributed by atoms with Crippen molar-refractivity contribution in [2.24, 2.45) is 5.18 Å². The first-order valence-electron chi connectivity index (χ1n) is 12.4. The summed E-state index contributed by atoms with van der Waals surface area (Å²) in [5, 5.41) is 6.20. The van der Waals surface area contributed by atoms with E-state index in [4.69, 9.17) is 11.6 Å². The Bertz CT molecular complexity index is 1070. The molecule has 4 rings (SSSR count). The van der Waals surface area contributed by atoms with Crippen molar-refractivity contribution in [2.45, 2.75) is 37.9 Å². The molecule has 37 heavy (non-hydrogen) atoms. The lowest BCUT2D eigenvalue weighted by Crippen LogP contribution is -2.47. The summed E-state index contributed by atoms with van der Waals surface area (Å²) in [6.07, 6.45) is -0.456. The van der Waals surface area contributed by atoms with Gasteiger partial charge in [-0.3, -0.25) is 9.69 Å². The maximum Gasteiger partial charge on any atom is 0.418 e. The standard InChI is InChI=1S/C25H30ClF3N6O2/c26-18-3-6-23(30-17-18)34-14-12-33(13-15-34)9-1-2-24(36)35-10-7-19(8-11-35)31-20-4-5-22(32-37)21(16-20)25(27,28)29/h3-6,16-17,19,31H,1-2,7-15H2. The van der Waals surface area contributed by atoms with Gasteiger partial charge in [-0.15, -0.1) is 4.91 Å². The third-order valence-corrected chi connectivity index (χ3v) is 7.12. The van der Waals surface area contributed by atoms with Gasteiger partial charge in [-0.25, -0.2) is 4.98 Å². The summed E-state index contributed by atoms with van der Waals surface area (Å²) < 4.78 is 39.5. The molecule has 1 aromatic carbocycles. The zero-order valence-corrected chi connectivity index (χ0v) is 21.1. The van der Waals surface area contributed by atoms with Gasteiger partial charge in [0.05, 0.1) is 10.6 Å². The van der Waals surface area contributed by atoms with Crippen LogP contribution in [0, 0.1) is 4.91 Å². The predicted molar refractivity (Wildman–Crippen MR) is 137 cm³/mol. The third kappa shape index (κ3) is 7.32. The first kappa shape index (κ1) is 27.1. The van der Waals surface area contributed by atoms with Crippen LogP contribution in [0.2, 0.25) is 5.02 Å². The lowest BCUT2D eigenvalue weighted by Gasteiger charge is -2.36. The molecule has 0 unspecified atom stereocenters. The molecule has 0 aliphatic carbocycles. The van der Waals surface area contributed by atoms with Crippen molar-refractivity contribution >= 4 is 34.7 Å². The molecule has 0 atom stereocenters. The number of piperazine rings is 1. The van der Waals surface area contributed by atoms with Gasteiger partial charge < -0.3 is 15.1 Å². The van der Waals surface area contributed by atoms with Crippen molar-refractivity contribution in [1.29, 1.82) is 0 Å². The van der Waals surface area contributed by atoms with Crippen LogP contribution in [-0.2, 0) is 11.0 Å². The number of halogens is 4. The number of piperidine rings is 1. The van der Waals surface area contributed by atoms with Gasteiger partial charge >= 0.3 is 6.18 Å². The second kappa shape index (κ2) is 12.1. The highest BCUT2D eigenvalue weighted by Crippen LogP contribution is 2.38. The number of aromatic nitrogens is 1. The average Bonchev–Trinajstić information content (AvgIpc) is 2.89. The molecule has 1 amide bonds. The summed E-state index contributed by atoms with van der Waals surface area (Å²) >= 11 is 5.91. The third-order valence-electron chi connectivity index (χ3n) is 6.89. The van der Waals surface area contributed by atoms with E-state index in [1.165, 1.54) is 6.07 Å². The Labute approximate surface area is 218 Å². The van der Waals surface area contributed by atoms with Gasteiger partial charge in [0.1, 0.15) is 11.5 Å². The van der Waals surface area contributed by atoms with Gasteiger partial charge in [0.15, 0.2) is 0 Å². The molecule has 1 N–H and O–H groups in total. The molecule has 0 bridgehead atoms. The Morgan fingerprint density at radius 3 is 2.43 bits per heavy atom. The maximum atomic E-state index is 13.2. The van der Waals surface area contributed by atoms with E-state index in [1.54, 1.807) is 6.20 Å². The monoisotopic (exact) mass is 538 g/mol. The molecule has 1 aromatic heterocycles. The van der Waals surface area contributed by atoms with Crippen molar-refractivity contribution < 1.29 is 18.0 Å². The number of amides is 1. The average molecular weight is 539 g/mol. The van der Waals surface area contributed by atoms with E-state index in [0.717, 1.165) is 57.1 Å². The molecule has 3 heterocycles. The van der Waals surface area contributed by atoms with Crippen LogP contribution in [0.1, 0.15) is 31.2 Å². The van der Waals surface area contributed by atoms with Crippen molar-refractivity contribution in [3.05, 3.63) is 52.0 Å². The van der Waals surface area contributed by atoms with Crippen molar-refractivity contribution in [3.8, 4) is 0 Å². The van der Waals surface area contributed by atoms with Gasteiger partial charge in [0, 0.05) is 63.6 Å². The Morgan fingerprint density at radius 1 is 1.08 bits per heavy atom. The molecule has 0 radical (unpaired) electrons. The Hall–Kier alpha value is -2.92. The largest absolute Gasteiger partial charge is 0.418 e. The summed E-state index contributed by atoms with van der Waals surface area (Å²) in [5.41, 5.74) is -1.39. The first-order chi connectivity index (χ1) is 17.7. The zero-order valence-electron chi connectivity index (χ0n) is 20.4. The molecular weight excluding hydrogens is 509 g/mol. The quantitative estimate of drug-likeness (QED) is 0.468. The first-order valence-corrected chi connectivity index (χ1v) is 12.8. The number of pyridine rings is 1. The lowest BCUT2D eigenvalue weighted by molar-refractivity contribution is -0.137. The number of carbonyl (C=O) groups excluding carboxylic acids is 1. The fraction of sp³-hybridized carbons (Fsp3) is 0.520. The van der Waals surface area contributed by atoms with E-state index >= 15 is 0 Å². The number of nitrogens with one attached hydrogen (secondary N) is 1. The highest BCUT2D eigenvalue weighted by Gasteiger charge is 2.34. The number of rotatable bonds is 8. The molecule has 8 nitrogen and oxygen atoms in total. The highest BCUT2D eigenvalue weighted by atomic mass is 35.5. The number of nitroso groups, excluding NO2 is 1. The number of hydrogen-bond donors (Lipinski definition) is 1. The summed E-state index contributed by atoms with van der Waals surface area (Å²) in [7, 11) is 0. The van der Waals surface area contributed by atoms with E-state index in [0.29, 0.717) is 37.4 Å². The number of alkyl halides is 3. The number of nitrogens with zero attached hydrogens (tertiary/aromatic N) is 5. The zero-order chi connectivity index (χ0) is 26.4. The van der Waals surface area contributed by atoms with Crippen LogP contribution in [0.3, 0.4) is 0 Å². The van der Waals surface area contributed by atoms with Crippen molar-refractivity contribution in [3.63, 3.8) is 0 Å². The van der Waals surface area contributed by atoms with Crippen LogP contribution in [0.5, 0.6) is 0 Å². The SMILES string of the molecule is O=Nc1ccc(NC2CCN(C(=O)CCCN3CCN(c4ccc(Cl)cn4)CC3)CC2)cc1C(F)(F)F. The Kier molecular flexibility index (Phi) is 8.86. The lowest BCUT2D eigenvalue weighted by atomic mass is 10.0. The summed E-state index contributed by atoms with van der Waals surface area (Å²) in [4.78, 5) is 34.2. The molecular formula is C25H30ClF3N6O2. The minimum Gasteiger partial charge on any atom is -0.382 e. The van der Waals surface area contributed by atoms with E-state index < -0.39 is 17.4 Å². The number of anilines is 2. The van der Waals surface area contributed by atoms with E-state index in [1.807, 2.05) is 17.0 Å². The van der Waals surface area contributed by atoms with Crippen molar-refractivity contribution in [2.75, 3.05) is 56.0 Å². The summed E-state index contributed by atoms with van der Waals surface area (Å²) in [5.74, 6) is 1.04. The van der Waals surface area contributed by atoms with E-state index in [9.17, 15) is 22.9 Å². The Balaban J connectivity index is 1.15. The summed E-state index contributed by atoms with van der Waals surface area (Å²) in [6.45, 7) is 5.56. The summed E-state index contributed by atoms with van der Waals surface area (Å²) in [6, 6.07) is 7.14. The molecule has 2 saturated heterocycles. The van der Waals surface area contributed by atoms with Crippen LogP contribution in [-0.4, -0.2) is 72.5 Å². The maximum absolute atomic E-state index is 13.2. The fourth-order valence-corrected chi connectivity index (χ4v) is 4.92. The molecule has 2 fully saturated rings. The van der Waals surface area contributed by atoms with Crippen LogP contribution in [0.4, 0.5) is 30.4 Å². The van der Waals surface area contributed by atoms with Crippen LogP contribution < -0.4 is 10.2 Å². The van der Waals surface area contributed by atoms with E-state index in [-0.39, 0.29) is 17.6 Å². The number of carbonyl (C=O) groups is 1. The molecule has 0 saturated carbocycles. The van der Waals surface area contributed by atoms with Gasteiger partial charge in [-0.2, -0.15) is 13.2 Å². The number of likely N-dealkylation sites (tertiary alicyclic amines) is 1. The van der Waals surface area contributed by atoms with Gasteiger partial charge in [-0.05, 0) is 61.3 Å². The number of benzene rings is 1. The minimum atomic E-state index is -4.65. The van der Waals surface area contributed by atoms with Crippen LogP contribution in [0.25, 0.3) is 0 Å². The van der Waals surface area contributed by atoms with Crippen LogP contribution >= 0.6 is 11.6 Å². The molecule has 2 aromatic rings. The Morgan fingerprint density at radius 2 is 1.81 bits per heavy atom. The predicted octanol–water partition coefficient (Wildman–Crippen LogP) is 5.16.